The zero-order valence-electron chi connectivity index (χ0n) is 16.7. The summed E-state index contributed by atoms with van der Waals surface area (Å²) in [5.74, 6) is 1.78. The van der Waals surface area contributed by atoms with Crippen molar-refractivity contribution >= 4 is 41.3 Å². The normalized spacial score (nSPS) is 12.7. The molecule has 0 aromatic carbocycles. The van der Waals surface area contributed by atoms with Crippen LogP contribution in [-0.2, 0) is 12.8 Å². The van der Waals surface area contributed by atoms with Crippen LogP contribution in [-0.4, -0.2) is 49.1 Å². The highest BCUT2D eigenvalue weighted by molar-refractivity contribution is 14.0. The molecule has 0 fully saturated rings. The van der Waals surface area contributed by atoms with E-state index in [1.54, 1.807) is 24.6 Å². The van der Waals surface area contributed by atoms with Crippen molar-refractivity contribution in [1.29, 1.82) is 0 Å². The van der Waals surface area contributed by atoms with E-state index in [9.17, 15) is 0 Å². The fourth-order valence-electron chi connectivity index (χ4n) is 2.88. The smallest absolute Gasteiger partial charge is 0.191 e. The van der Waals surface area contributed by atoms with E-state index in [0.29, 0.717) is 0 Å². The van der Waals surface area contributed by atoms with E-state index in [2.05, 4.69) is 46.3 Å². The van der Waals surface area contributed by atoms with Crippen molar-refractivity contribution in [3.8, 4) is 0 Å². The van der Waals surface area contributed by atoms with Crippen LogP contribution in [0.2, 0.25) is 0 Å². The van der Waals surface area contributed by atoms with Gasteiger partial charge in [-0.2, -0.15) is 0 Å². The Kier molecular flexibility index (Phi) is 11.6. The van der Waals surface area contributed by atoms with Crippen LogP contribution in [0.5, 0.6) is 0 Å². The van der Waals surface area contributed by atoms with Gasteiger partial charge in [-0.05, 0) is 31.6 Å². The van der Waals surface area contributed by atoms with E-state index in [-0.39, 0.29) is 30.0 Å². The van der Waals surface area contributed by atoms with Crippen LogP contribution in [0.25, 0.3) is 0 Å². The average Bonchev–Trinajstić information content (AvgIpc) is 3.35. The molecule has 0 amide bonds. The molecule has 0 aliphatic carbocycles. The topological polar surface area (TPSA) is 65.7 Å². The van der Waals surface area contributed by atoms with E-state index in [4.69, 9.17) is 4.42 Å². The van der Waals surface area contributed by atoms with Crippen LogP contribution in [0.3, 0.4) is 0 Å². The molecular weight excluding hydrogens is 473 g/mol. The van der Waals surface area contributed by atoms with E-state index < -0.39 is 0 Å². The minimum atomic E-state index is 0. The number of aromatic nitrogens is 1. The lowest BCUT2D eigenvalue weighted by molar-refractivity contribution is 0.193. The Balaban J connectivity index is 0.00000364. The molecule has 2 aromatic rings. The molecular formula is C19H32IN5OS. The van der Waals surface area contributed by atoms with Gasteiger partial charge in [0.25, 0.3) is 0 Å². The summed E-state index contributed by atoms with van der Waals surface area (Å²) in [6, 6.07) is 4.16. The second-order valence-corrected chi connectivity index (χ2v) is 7.16. The molecule has 6 nitrogen and oxygen atoms in total. The number of nitrogens with zero attached hydrogens (tertiary/aromatic N) is 3. The molecule has 1 unspecified atom stereocenters. The molecule has 0 saturated heterocycles. The number of hydrogen-bond acceptors (Lipinski definition) is 5. The Bertz CT molecular complexity index is 655. The summed E-state index contributed by atoms with van der Waals surface area (Å²) in [4.78, 5) is 12.5. The summed E-state index contributed by atoms with van der Waals surface area (Å²) >= 11 is 1.79. The maximum Gasteiger partial charge on any atom is 0.191 e. The number of aliphatic imine (C=N–C) groups is 1. The van der Waals surface area contributed by atoms with Crippen molar-refractivity contribution in [2.75, 3.05) is 33.2 Å². The SMILES string of the molecule is CCc1cnc(CCNC(=NC)NCC(c2ccco2)N(CC)CC)s1.I. The average molecular weight is 505 g/mol. The number of halogens is 1. The van der Waals surface area contributed by atoms with Gasteiger partial charge < -0.3 is 15.1 Å². The molecule has 0 radical (unpaired) electrons. The minimum absolute atomic E-state index is 0. The number of likely N-dealkylation sites (N-methyl/N-ethyl adjacent to an activating group) is 1. The molecule has 2 rings (SSSR count). The van der Waals surface area contributed by atoms with Gasteiger partial charge in [0.05, 0.1) is 17.3 Å². The zero-order chi connectivity index (χ0) is 18.8. The summed E-state index contributed by atoms with van der Waals surface area (Å²) < 4.78 is 5.65. The highest BCUT2D eigenvalue weighted by Gasteiger charge is 2.20. The molecule has 8 heteroatoms. The number of rotatable bonds is 10. The van der Waals surface area contributed by atoms with Crippen molar-refractivity contribution in [2.24, 2.45) is 4.99 Å². The lowest BCUT2D eigenvalue weighted by atomic mass is 10.2. The maximum atomic E-state index is 5.65. The van der Waals surface area contributed by atoms with Gasteiger partial charge in [-0.25, -0.2) is 4.98 Å². The minimum Gasteiger partial charge on any atom is -0.468 e. The lowest BCUT2D eigenvalue weighted by Crippen LogP contribution is -2.43. The summed E-state index contributed by atoms with van der Waals surface area (Å²) in [7, 11) is 1.80. The molecule has 0 aliphatic rings. The van der Waals surface area contributed by atoms with Gasteiger partial charge in [-0.1, -0.05) is 20.8 Å². The third kappa shape index (κ3) is 7.42. The number of aryl methyl sites for hydroxylation is 1. The number of nitrogens with one attached hydrogen (secondary N) is 2. The van der Waals surface area contributed by atoms with Crippen LogP contribution in [0, 0.1) is 0 Å². The maximum absolute atomic E-state index is 5.65. The Hall–Kier alpha value is -1.13. The van der Waals surface area contributed by atoms with Crippen molar-refractivity contribution in [1.82, 2.24) is 20.5 Å². The first kappa shape index (κ1) is 23.9. The summed E-state index contributed by atoms with van der Waals surface area (Å²) in [6.07, 6.45) is 5.67. The number of thiazole rings is 1. The molecule has 2 N–H and O–H groups in total. The molecule has 0 aliphatic heterocycles. The molecule has 0 spiro atoms. The molecule has 27 heavy (non-hydrogen) atoms. The summed E-state index contributed by atoms with van der Waals surface area (Å²) in [6.45, 7) is 10.0. The lowest BCUT2D eigenvalue weighted by Gasteiger charge is -2.28. The van der Waals surface area contributed by atoms with Gasteiger partial charge in [0.2, 0.25) is 0 Å². The van der Waals surface area contributed by atoms with Gasteiger partial charge in [0.15, 0.2) is 5.96 Å². The molecule has 1 atom stereocenters. The number of guanidine groups is 1. The van der Waals surface area contributed by atoms with Gasteiger partial charge in [-0.3, -0.25) is 9.89 Å². The fraction of sp³-hybridized carbons (Fsp3) is 0.579. The molecule has 152 valence electrons. The third-order valence-corrected chi connectivity index (χ3v) is 5.59. The van der Waals surface area contributed by atoms with Crippen molar-refractivity contribution in [3.05, 3.63) is 40.2 Å². The van der Waals surface area contributed by atoms with E-state index in [1.807, 2.05) is 18.3 Å². The molecule has 2 aromatic heterocycles. The Morgan fingerprint density at radius 1 is 1.30 bits per heavy atom. The van der Waals surface area contributed by atoms with Crippen molar-refractivity contribution in [2.45, 2.75) is 39.7 Å². The first-order valence-corrected chi connectivity index (χ1v) is 10.2. The predicted molar refractivity (Wildman–Crippen MR) is 124 cm³/mol. The standard InChI is InChI=1S/C19H31N5OS.HI/c1-5-15-13-22-18(26-15)10-11-21-19(20-4)23-14-16(24(6-2)7-3)17-9-8-12-25-17;/h8-9,12-13,16H,5-7,10-11,14H2,1-4H3,(H2,20,21,23);1H. The Labute approximate surface area is 183 Å². The summed E-state index contributed by atoms with van der Waals surface area (Å²) in [5.41, 5.74) is 0. The van der Waals surface area contributed by atoms with Crippen molar-refractivity contribution < 1.29 is 4.42 Å². The highest BCUT2D eigenvalue weighted by Crippen LogP contribution is 2.20. The highest BCUT2D eigenvalue weighted by atomic mass is 127. The second-order valence-electron chi connectivity index (χ2n) is 5.96. The second kappa shape index (κ2) is 13.1. The van der Waals surface area contributed by atoms with Gasteiger partial charge in [-0.15, -0.1) is 35.3 Å². The molecule has 0 bridgehead atoms. The Morgan fingerprint density at radius 3 is 2.63 bits per heavy atom. The summed E-state index contributed by atoms with van der Waals surface area (Å²) in [5, 5.41) is 7.97. The number of furan rings is 1. The molecule has 2 heterocycles. The van der Waals surface area contributed by atoms with Gasteiger partial charge in [0.1, 0.15) is 5.76 Å². The largest absolute Gasteiger partial charge is 0.468 e. The predicted octanol–water partition coefficient (Wildman–Crippen LogP) is 3.71. The fourth-order valence-corrected chi connectivity index (χ4v) is 3.75. The quantitative estimate of drug-likeness (QED) is 0.293. The van der Waals surface area contributed by atoms with Crippen LogP contribution in [0.15, 0.2) is 34.0 Å². The van der Waals surface area contributed by atoms with Gasteiger partial charge in [0, 0.05) is 37.6 Å². The van der Waals surface area contributed by atoms with E-state index >= 15 is 0 Å². The van der Waals surface area contributed by atoms with E-state index in [0.717, 1.165) is 50.7 Å². The first-order chi connectivity index (χ1) is 12.7. The van der Waals surface area contributed by atoms with Crippen LogP contribution >= 0.6 is 35.3 Å². The first-order valence-electron chi connectivity index (χ1n) is 9.37. The number of hydrogen-bond donors (Lipinski definition) is 2. The molecule has 0 saturated carbocycles. The Morgan fingerprint density at radius 2 is 2.07 bits per heavy atom. The van der Waals surface area contributed by atoms with Crippen LogP contribution in [0.1, 0.15) is 42.5 Å². The zero-order valence-corrected chi connectivity index (χ0v) is 19.8. The van der Waals surface area contributed by atoms with Crippen LogP contribution < -0.4 is 10.6 Å². The van der Waals surface area contributed by atoms with Crippen LogP contribution in [0.4, 0.5) is 0 Å². The third-order valence-electron chi connectivity index (χ3n) is 4.39. The van der Waals surface area contributed by atoms with Gasteiger partial charge >= 0.3 is 0 Å². The van der Waals surface area contributed by atoms with E-state index in [1.165, 1.54) is 9.88 Å². The van der Waals surface area contributed by atoms with Crippen molar-refractivity contribution in [3.63, 3.8) is 0 Å². The monoisotopic (exact) mass is 505 g/mol.